The lowest BCUT2D eigenvalue weighted by Gasteiger charge is -2.33. The third kappa shape index (κ3) is 2.86. The van der Waals surface area contributed by atoms with Gasteiger partial charge in [0.25, 0.3) is 0 Å². The molecule has 0 fully saturated rings. The number of nitrogens with zero attached hydrogens (tertiary/aromatic N) is 2. The Bertz CT molecular complexity index is 726. The normalized spacial score (nSPS) is 18.4. The van der Waals surface area contributed by atoms with Crippen molar-refractivity contribution in [2.75, 3.05) is 0 Å². The summed E-state index contributed by atoms with van der Waals surface area (Å²) in [6, 6.07) is 6.05. The zero-order valence-corrected chi connectivity index (χ0v) is 14.0. The second kappa shape index (κ2) is 5.73. The van der Waals surface area contributed by atoms with Gasteiger partial charge in [0.15, 0.2) is 0 Å². The van der Waals surface area contributed by atoms with E-state index in [4.69, 9.17) is 4.42 Å². The summed E-state index contributed by atoms with van der Waals surface area (Å²) in [6.07, 6.45) is 6.53. The highest BCUT2D eigenvalue weighted by atomic mass is 32.1. The molecule has 2 heterocycles. The molecule has 0 unspecified atom stereocenters. The van der Waals surface area contributed by atoms with Crippen LogP contribution in [0.25, 0.3) is 0 Å². The van der Waals surface area contributed by atoms with Crippen LogP contribution < -0.4 is 0 Å². The van der Waals surface area contributed by atoms with Crippen LogP contribution >= 0.6 is 11.3 Å². The largest absolute Gasteiger partial charge is 0.463 e. The summed E-state index contributed by atoms with van der Waals surface area (Å²) in [6.45, 7) is 6.91. The van der Waals surface area contributed by atoms with Gasteiger partial charge in [-0.3, -0.25) is 0 Å². The van der Waals surface area contributed by atoms with Crippen LogP contribution in [0.2, 0.25) is 0 Å². The van der Waals surface area contributed by atoms with E-state index >= 15 is 0 Å². The molecular weight excluding hydrogens is 292 g/mol. The first kappa shape index (κ1) is 15.1. The number of hydrogen-bond donors (Lipinski definition) is 0. The summed E-state index contributed by atoms with van der Waals surface area (Å²) in [7, 11) is 0. The minimum atomic E-state index is 0.312. The van der Waals surface area contributed by atoms with Crippen molar-refractivity contribution in [2.24, 2.45) is 16.3 Å². The number of fused-ring (bicyclic) bond motifs is 1. The molecule has 0 N–H and O–H groups in total. The predicted molar refractivity (Wildman–Crippen MR) is 90.0 cm³/mol. The van der Waals surface area contributed by atoms with E-state index in [9.17, 15) is 5.26 Å². The molecule has 3 rings (SSSR count). The van der Waals surface area contributed by atoms with Crippen LogP contribution in [0, 0.1) is 22.7 Å². The summed E-state index contributed by atoms with van der Waals surface area (Å²) in [5.41, 5.74) is 2.29. The van der Waals surface area contributed by atoms with Crippen molar-refractivity contribution in [1.82, 2.24) is 0 Å². The van der Waals surface area contributed by atoms with E-state index in [1.54, 1.807) is 23.8 Å². The average Bonchev–Trinajstić information content (AvgIpc) is 3.10. The molecule has 22 heavy (non-hydrogen) atoms. The fraction of sp³-hybridized carbons (Fsp3) is 0.444. The van der Waals surface area contributed by atoms with Gasteiger partial charge in [-0.1, -0.05) is 20.8 Å². The molecule has 2 aromatic rings. The van der Waals surface area contributed by atoms with E-state index in [1.807, 2.05) is 12.1 Å². The Morgan fingerprint density at radius 3 is 2.91 bits per heavy atom. The molecule has 1 aliphatic carbocycles. The molecule has 0 saturated carbocycles. The lowest BCUT2D eigenvalue weighted by molar-refractivity contribution is 0.218. The number of furan rings is 1. The topological polar surface area (TPSA) is 49.3 Å². The van der Waals surface area contributed by atoms with Crippen molar-refractivity contribution in [1.29, 1.82) is 5.26 Å². The van der Waals surface area contributed by atoms with E-state index in [1.165, 1.54) is 10.4 Å². The Morgan fingerprint density at radius 2 is 2.27 bits per heavy atom. The van der Waals surface area contributed by atoms with E-state index in [0.717, 1.165) is 29.8 Å². The molecule has 2 aromatic heterocycles. The van der Waals surface area contributed by atoms with Gasteiger partial charge in [-0.2, -0.15) is 5.26 Å². The zero-order valence-electron chi connectivity index (χ0n) is 13.2. The van der Waals surface area contributed by atoms with Crippen LogP contribution in [0.1, 0.15) is 49.0 Å². The maximum atomic E-state index is 9.51. The lowest BCUT2D eigenvalue weighted by atomic mass is 9.72. The maximum Gasteiger partial charge on any atom is 0.144 e. The third-order valence-electron chi connectivity index (χ3n) is 4.44. The molecule has 0 radical (unpaired) electrons. The lowest BCUT2D eigenvalue weighted by Crippen LogP contribution is -2.26. The van der Waals surface area contributed by atoms with Gasteiger partial charge in [0.2, 0.25) is 0 Å². The van der Waals surface area contributed by atoms with Crippen molar-refractivity contribution in [3.8, 4) is 6.07 Å². The summed E-state index contributed by atoms with van der Waals surface area (Å²) in [4.78, 5) is 5.83. The van der Waals surface area contributed by atoms with Crippen molar-refractivity contribution in [2.45, 2.75) is 40.0 Å². The highest BCUT2D eigenvalue weighted by Gasteiger charge is 2.32. The smallest absolute Gasteiger partial charge is 0.144 e. The Kier molecular flexibility index (Phi) is 3.92. The van der Waals surface area contributed by atoms with Gasteiger partial charge in [-0.05, 0) is 48.3 Å². The molecule has 3 nitrogen and oxygen atoms in total. The van der Waals surface area contributed by atoms with E-state index in [2.05, 4.69) is 31.8 Å². The van der Waals surface area contributed by atoms with Gasteiger partial charge < -0.3 is 4.42 Å². The molecule has 0 aliphatic heterocycles. The van der Waals surface area contributed by atoms with Crippen LogP contribution in [-0.2, 0) is 12.8 Å². The second-order valence-corrected chi connectivity index (χ2v) is 7.96. The van der Waals surface area contributed by atoms with Crippen LogP contribution in [0.3, 0.4) is 0 Å². The van der Waals surface area contributed by atoms with Crippen LogP contribution in [-0.4, -0.2) is 6.21 Å². The van der Waals surface area contributed by atoms with Crippen molar-refractivity contribution < 1.29 is 4.42 Å². The van der Waals surface area contributed by atoms with Crippen LogP contribution in [0.4, 0.5) is 5.00 Å². The second-order valence-electron chi connectivity index (χ2n) is 6.88. The van der Waals surface area contributed by atoms with Gasteiger partial charge >= 0.3 is 0 Å². The quantitative estimate of drug-likeness (QED) is 0.723. The summed E-state index contributed by atoms with van der Waals surface area (Å²) < 4.78 is 5.26. The predicted octanol–water partition coefficient (Wildman–Crippen LogP) is 5.11. The van der Waals surface area contributed by atoms with Crippen LogP contribution in [0.15, 0.2) is 27.8 Å². The molecule has 4 heteroatoms. The minimum absolute atomic E-state index is 0.312. The molecule has 0 amide bonds. The van der Waals surface area contributed by atoms with E-state index < -0.39 is 0 Å². The fourth-order valence-corrected chi connectivity index (χ4v) is 4.23. The molecule has 0 bridgehead atoms. The molecule has 1 atom stereocenters. The first-order chi connectivity index (χ1) is 10.5. The zero-order chi connectivity index (χ0) is 15.7. The van der Waals surface area contributed by atoms with Crippen LogP contribution in [0.5, 0.6) is 0 Å². The van der Waals surface area contributed by atoms with Crippen molar-refractivity contribution in [3.05, 3.63) is 40.2 Å². The van der Waals surface area contributed by atoms with Gasteiger partial charge in [0.1, 0.15) is 16.8 Å². The minimum Gasteiger partial charge on any atom is -0.463 e. The number of nitriles is 1. The third-order valence-corrected chi connectivity index (χ3v) is 5.60. The summed E-state index contributed by atoms with van der Waals surface area (Å²) in [5, 5.41) is 10.3. The first-order valence-electron chi connectivity index (χ1n) is 7.61. The molecule has 0 saturated heterocycles. The average molecular weight is 312 g/mol. The Labute approximate surface area is 135 Å². The molecule has 1 aliphatic rings. The van der Waals surface area contributed by atoms with Crippen molar-refractivity contribution in [3.63, 3.8) is 0 Å². The standard InChI is InChI=1S/C18H20N2OS/c1-18(2,3)12-6-7-14-15(10-19)17(22-16(14)9-12)20-11-13-5-4-8-21-13/h4-5,8,11-12H,6-7,9H2,1-3H3/t12-/m0/s1. The Morgan fingerprint density at radius 1 is 1.45 bits per heavy atom. The number of thiophene rings is 1. The number of hydrogen-bond acceptors (Lipinski definition) is 4. The van der Waals surface area contributed by atoms with Gasteiger partial charge in [0, 0.05) is 4.88 Å². The van der Waals surface area contributed by atoms with Gasteiger partial charge in [-0.15, -0.1) is 11.3 Å². The fourth-order valence-electron chi connectivity index (χ4n) is 3.00. The van der Waals surface area contributed by atoms with Gasteiger partial charge in [-0.25, -0.2) is 4.99 Å². The molecule has 114 valence electrons. The summed E-state index contributed by atoms with van der Waals surface area (Å²) >= 11 is 1.67. The molecular formula is C18H20N2OS. The molecule has 0 aromatic carbocycles. The Hall–Kier alpha value is -1.86. The highest BCUT2D eigenvalue weighted by molar-refractivity contribution is 7.16. The monoisotopic (exact) mass is 312 g/mol. The molecule has 0 spiro atoms. The highest BCUT2D eigenvalue weighted by Crippen LogP contribution is 2.44. The van der Waals surface area contributed by atoms with Gasteiger partial charge in [0.05, 0.1) is 18.0 Å². The SMILES string of the molecule is CC(C)(C)[C@H]1CCc2c(sc(N=Cc3ccco3)c2C#N)C1. The number of aliphatic imine (C=N–C) groups is 1. The summed E-state index contributed by atoms with van der Waals surface area (Å²) in [5.74, 6) is 1.38. The van der Waals surface area contributed by atoms with E-state index in [-0.39, 0.29) is 0 Å². The van der Waals surface area contributed by atoms with Crippen molar-refractivity contribution >= 4 is 22.6 Å². The Balaban J connectivity index is 1.91. The first-order valence-corrected chi connectivity index (χ1v) is 8.43. The number of rotatable bonds is 2. The maximum absolute atomic E-state index is 9.51. The van der Waals surface area contributed by atoms with E-state index in [0.29, 0.717) is 17.1 Å².